The van der Waals surface area contributed by atoms with Gasteiger partial charge in [0.05, 0.1) is 0 Å². The van der Waals surface area contributed by atoms with Gasteiger partial charge in [0.15, 0.2) is 0 Å². The van der Waals surface area contributed by atoms with E-state index in [1.807, 2.05) is 0 Å². The van der Waals surface area contributed by atoms with Gasteiger partial charge in [-0.3, -0.25) is 4.79 Å². The molecule has 0 radical (unpaired) electrons. The molecule has 0 heterocycles. The van der Waals surface area contributed by atoms with Crippen LogP contribution in [0.5, 0.6) is 0 Å². The van der Waals surface area contributed by atoms with Crippen molar-refractivity contribution >= 4 is 18.0 Å². The van der Waals surface area contributed by atoms with E-state index in [1.54, 1.807) is 0 Å². The number of urea groups is 1. The number of carboxylic acid groups (broad SMARTS) is 2. The second-order valence-electron chi connectivity index (χ2n) is 5.71. The molecular formula is C14H24N2O5. The minimum Gasteiger partial charge on any atom is -0.481 e. The van der Waals surface area contributed by atoms with Crippen molar-refractivity contribution in [1.82, 2.24) is 10.6 Å². The molecule has 0 spiro atoms. The van der Waals surface area contributed by atoms with Gasteiger partial charge < -0.3 is 20.8 Å². The van der Waals surface area contributed by atoms with E-state index in [1.165, 1.54) is 0 Å². The van der Waals surface area contributed by atoms with Crippen LogP contribution in [0.1, 0.15) is 51.9 Å². The molecule has 4 N–H and O–H groups in total. The first-order valence-electron chi connectivity index (χ1n) is 7.37. The number of carbonyl (C=O) groups is 3. The lowest BCUT2D eigenvalue weighted by Gasteiger charge is -2.28. The smallest absolute Gasteiger partial charge is 0.326 e. The van der Waals surface area contributed by atoms with E-state index in [0.29, 0.717) is 6.54 Å². The summed E-state index contributed by atoms with van der Waals surface area (Å²) < 4.78 is 0. The first-order chi connectivity index (χ1) is 9.88. The van der Waals surface area contributed by atoms with Crippen LogP contribution in [0.4, 0.5) is 4.79 Å². The van der Waals surface area contributed by atoms with Crippen molar-refractivity contribution in [3.63, 3.8) is 0 Å². The zero-order chi connectivity index (χ0) is 15.9. The van der Waals surface area contributed by atoms with Gasteiger partial charge in [-0.2, -0.15) is 0 Å². The van der Waals surface area contributed by atoms with Crippen molar-refractivity contribution in [2.75, 3.05) is 6.54 Å². The Morgan fingerprint density at radius 2 is 1.81 bits per heavy atom. The molecule has 1 atom stereocenters. The van der Waals surface area contributed by atoms with Crippen LogP contribution in [-0.2, 0) is 9.59 Å². The van der Waals surface area contributed by atoms with E-state index in [2.05, 4.69) is 17.6 Å². The van der Waals surface area contributed by atoms with Gasteiger partial charge in [-0.15, -0.1) is 0 Å². The first-order valence-corrected chi connectivity index (χ1v) is 7.37. The predicted molar refractivity (Wildman–Crippen MR) is 76.0 cm³/mol. The normalized spacial score (nSPS) is 18.0. The minimum atomic E-state index is -1.22. The molecule has 1 aliphatic rings. The van der Waals surface area contributed by atoms with Gasteiger partial charge in [0.1, 0.15) is 6.04 Å². The zero-order valence-corrected chi connectivity index (χ0v) is 12.4. The third kappa shape index (κ3) is 5.61. The van der Waals surface area contributed by atoms with Crippen molar-refractivity contribution in [3.8, 4) is 0 Å². The van der Waals surface area contributed by atoms with Gasteiger partial charge in [0.25, 0.3) is 0 Å². The summed E-state index contributed by atoms with van der Waals surface area (Å²) >= 11 is 0. The molecule has 120 valence electrons. The van der Waals surface area contributed by atoms with Gasteiger partial charge in [0.2, 0.25) is 0 Å². The second kappa shape index (κ2) is 7.85. The third-order valence-electron chi connectivity index (χ3n) is 4.29. The van der Waals surface area contributed by atoms with Gasteiger partial charge in [-0.25, -0.2) is 9.59 Å². The average Bonchev–Trinajstić information content (AvgIpc) is 2.90. The predicted octanol–water partition coefficient (Wildman–Crippen LogP) is 1.57. The number of amides is 2. The summed E-state index contributed by atoms with van der Waals surface area (Å²) in [7, 11) is 0. The lowest BCUT2D eigenvalue weighted by atomic mass is 9.83. The van der Waals surface area contributed by atoms with E-state index in [-0.39, 0.29) is 18.3 Å². The highest BCUT2D eigenvalue weighted by Crippen LogP contribution is 2.40. The summed E-state index contributed by atoms with van der Waals surface area (Å²) in [5.74, 6) is -2.31. The summed E-state index contributed by atoms with van der Waals surface area (Å²) in [5.41, 5.74) is 0.122. The largest absolute Gasteiger partial charge is 0.481 e. The van der Waals surface area contributed by atoms with Gasteiger partial charge in [-0.05, 0) is 31.1 Å². The molecular weight excluding hydrogens is 276 g/mol. The highest BCUT2D eigenvalue weighted by atomic mass is 16.4. The fourth-order valence-corrected chi connectivity index (χ4v) is 2.78. The SMILES string of the molecule is CCC1(CNC(=O)NC(CCC(=O)O)C(=O)O)CCCC1. The second-order valence-corrected chi connectivity index (χ2v) is 5.71. The molecule has 7 nitrogen and oxygen atoms in total. The Kier molecular flexibility index (Phi) is 6.45. The molecule has 1 unspecified atom stereocenters. The molecule has 0 bridgehead atoms. The number of nitrogens with one attached hydrogen (secondary N) is 2. The Bertz CT molecular complexity index is 391. The topological polar surface area (TPSA) is 116 Å². The van der Waals surface area contributed by atoms with Crippen LogP contribution in [0.25, 0.3) is 0 Å². The third-order valence-corrected chi connectivity index (χ3v) is 4.29. The maximum absolute atomic E-state index is 11.8. The number of carboxylic acids is 2. The van der Waals surface area contributed by atoms with Crippen LogP contribution in [0.15, 0.2) is 0 Å². The Morgan fingerprint density at radius 1 is 1.19 bits per heavy atom. The Labute approximate surface area is 124 Å². The molecule has 2 amide bonds. The fraction of sp³-hybridized carbons (Fsp3) is 0.786. The molecule has 0 aromatic carbocycles. The molecule has 0 aromatic heterocycles. The van der Waals surface area contributed by atoms with Crippen LogP contribution in [0.3, 0.4) is 0 Å². The monoisotopic (exact) mass is 300 g/mol. The van der Waals surface area contributed by atoms with Gasteiger partial charge in [-0.1, -0.05) is 19.8 Å². The molecule has 1 fully saturated rings. The van der Waals surface area contributed by atoms with Crippen molar-refractivity contribution in [2.45, 2.75) is 57.9 Å². The summed E-state index contributed by atoms with van der Waals surface area (Å²) in [6.45, 7) is 2.62. The summed E-state index contributed by atoms with van der Waals surface area (Å²) in [6, 6.07) is -1.73. The Balaban J connectivity index is 2.42. The van der Waals surface area contributed by atoms with Crippen molar-refractivity contribution in [2.24, 2.45) is 5.41 Å². The van der Waals surface area contributed by atoms with Crippen molar-refractivity contribution in [1.29, 1.82) is 0 Å². The summed E-state index contributed by atoms with van der Waals surface area (Å²) in [4.78, 5) is 33.2. The van der Waals surface area contributed by atoms with Crippen LogP contribution in [0.2, 0.25) is 0 Å². The maximum atomic E-state index is 11.8. The van der Waals surface area contributed by atoms with Crippen LogP contribution >= 0.6 is 0 Å². The van der Waals surface area contributed by atoms with E-state index >= 15 is 0 Å². The van der Waals surface area contributed by atoms with Gasteiger partial charge in [0, 0.05) is 13.0 Å². The highest BCUT2D eigenvalue weighted by Gasteiger charge is 2.32. The molecule has 7 heteroatoms. The molecule has 21 heavy (non-hydrogen) atoms. The number of rotatable bonds is 8. The summed E-state index contributed by atoms with van der Waals surface area (Å²) in [5, 5.41) is 22.6. The van der Waals surface area contributed by atoms with Crippen molar-refractivity contribution in [3.05, 3.63) is 0 Å². The zero-order valence-electron chi connectivity index (χ0n) is 12.4. The Morgan fingerprint density at radius 3 is 2.29 bits per heavy atom. The minimum absolute atomic E-state index is 0.122. The Hall–Kier alpha value is -1.79. The van der Waals surface area contributed by atoms with Crippen LogP contribution in [0, 0.1) is 5.41 Å². The molecule has 1 saturated carbocycles. The molecule has 1 aliphatic carbocycles. The highest BCUT2D eigenvalue weighted by molar-refractivity contribution is 5.83. The van der Waals surface area contributed by atoms with E-state index in [0.717, 1.165) is 32.1 Å². The van der Waals surface area contributed by atoms with E-state index in [9.17, 15) is 14.4 Å². The first kappa shape index (κ1) is 17.3. The lowest BCUT2D eigenvalue weighted by molar-refractivity contribution is -0.140. The molecule has 0 aliphatic heterocycles. The van der Waals surface area contributed by atoms with E-state index < -0.39 is 24.0 Å². The molecule has 0 aromatic rings. The number of hydrogen-bond donors (Lipinski definition) is 4. The van der Waals surface area contributed by atoms with Crippen molar-refractivity contribution < 1.29 is 24.6 Å². The van der Waals surface area contributed by atoms with Gasteiger partial charge >= 0.3 is 18.0 Å². The van der Waals surface area contributed by atoms with E-state index in [4.69, 9.17) is 10.2 Å². The maximum Gasteiger partial charge on any atom is 0.326 e. The molecule has 1 rings (SSSR count). The number of hydrogen-bond acceptors (Lipinski definition) is 3. The summed E-state index contributed by atoms with van der Waals surface area (Å²) in [6.07, 6.45) is 5.03. The quantitative estimate of drug-likeness (QED) is 0.543. The lowest BCUT2D eigenvalue weighted by Crippen LogP contribution is -2.48. The average molecular weight is 300 g/mol. The van der Waals surface area contributed by atoms with Crippen LogP contribution < -0.4 is 10.6 Å². The fourth-order valence-electron chi connectivity index (χ4n) is 2.78. The molecule has 0 saturated heterocycles. The number of aliphatic carboxylic acids is 2. The number of carbonyl (C=O) groups excluding carboxylic acids is 1. The standard InChI is InChI=1S/C14H24N2O5/c1-2-14(7-3-4-8-14)9-15-13(21)16-10(12(19)20)5-6-11(17)18/h10H,2-9H2,1H3,(H,17,18)(H,19,20)(H2,15,16,21). The van der Waals surface area contributed by atoms with Crippen LogP contribution in [-0.4, -0.2) is 40.8 Å².